The number of methoxy groups -OCH3 is 2. The first kappa shape index (κ1) is 22.0. The highest BCUT2D eigenvalue weighted by Crippen LogP contribution is 2.43. The molecule has 1 aliphatic heterocycles. The minimum atomic E-state index is -0.631. The van der Waals surface area contributed by atoms with E-state index in [0.29, 0.717) is 39.5 Å². The summed E-state index contributed by atoms with van der Waals surface area (Å²) in [6.07, 6.45) is -0.631. The molecule has 0 saturated heterocycles. The van der Waals surface area contributed by atoms with Crippen molar-refractivity contribution in [2.24, 2.45) is 0 Å². The van der Waals surface area contributed by atoms with Gasteiger partial charge in [-0.15, -0.1) is 10.2 Å². The number of benzene rings is 3. The lowest BCUT2D eigenvalue weighted by Gasteiger charge is -2.22. The lowest BCUT2D eigenvalue weighted by Crippen LogP contribution is -2.18. The van der Waals surface area contributed by atoms with E-state index in [9.17, 15) is 4.39 Å². The highest BCUT2D eigenvalue weighted by Gasteiger charge is 2.29. The topological polar surface area (TPSA) is 78.4 Å². The summed E-state index contributed by atoms with van der Waals surface area (Å²) in [5, 5.41) is 12.5. The summed E-state index contributed by atoms with van der Waals surface area (Å²) >= 11 is 1.29. The minimum Gasteiger partial charge on any atom is -0.493 e. The second-order valence-corrected chi connectivity index (χ2v) is 8.34. The number of ether oxygens (including phenoxy) is 3. The number of hydrogen-bond donors (Lipinski definition) is 1. The zero-order chi connectivity index (χ0) is 23.5. The third kappa shape index (κ3) is 4.22. The van der Waals surface area contributed by atoms with Crippen molar-refractivity contribution in [2.45, 2.75) is 17.1 Å². The molecule has 172 valence electrons. The predicted molar refractivity (Wildman–Crippen MR) is 128 cm³/mol. The SMILES string of the molecule is COc1cccc(C2Nc3ccccc3-c3nnc(SCc4ccccc4F)nc3O2)c1OC. The third-order valence-corrected chi connectivity index (χ3v) is 6.25. The molecule has 0 fully saturated rings. The Bertz CT molecular complexity index is 1340. The fourth-order valence-electron chi connectivity index (χ4n) is 3.73. The number of nitrogens with one attached hydrogen (secondary N) is 1. The smallest absolute Gasteiger partial charge is 0.247 e. The number of nitrogens with zero attached hydrogens (tertiary/aromatic N) is 3. The standard InChI is InChI=1S/C25H21FN4O3S/c1-31-20-13-7-10-17(22(20)32-2)23-27-19-12-6-4-9-16(19)21-24(33-23)28-25(30-29-21)34-14-15-8-3-5-11-18(15)26/h3-13,23,27H,14H2,1-2H3. The van der Waals surface area contributed by atoms with Crippen LogP contribution < -0.4 is 19.5 Å². The van der Waals surface area contributed by atoms with Crippen molar-refractivity contribution in [3.63, 3.8) is 0 Å². The lowest BCUT2D eigenvalue weighted by molar-refractivity contribution is 0.218. The first-order valence-corrected chi connectivity index (χ1v) is 11.5. The summed E-state index contributed by atoms with van der Waals surface area (Å²) in [4.78, 5) is 4.62. The maximum atomic E-state index is 14.0. The fraction of sp³-hybridized carbons (Fsp3) is 0.160. The van der Waals surface area contributed by atoms with E-state index in [0.717, 1.165) is 16.8 Å². The molecule has 1 N–H and O–H groups in total. The third-order valence-electron chi connectivity index (χ3n) is 5.36. The number of thioether (sulfide) groups is 1. The summed E-state index contributed by atoms with van der Waals surface area (Å²) in [7, 11) is 3.17. The maximum Gasteiger partial charge on any atom is 0.247 e. The summed E-state index contributed by atoms with van der Waals surface area (Å²) in [5.41, 5.74) is 3.45. The van der Waals surface area contributed by atoms with E-state index in [1.54, 1.807) is 32.4 Å². The van der Waals surface area contributed by atoms with E-state index in [2.05, 4.69) is 20.5 Å². The van der Waals surface area contributed by atoms with Gasteiger partial charge in [0.25, 0.3) is 0 Å². The van der Waals surface area contributed by atoms with Gasteiger partial charge in [-0.25, -0.2) is 4.39 Å². The Labute approximate surface area is 200 Å². The molecule has 1 unspecified atom stereocenters. The molecule has 0 amide bonds. The Morgan fingerprint density at radius 2 is 1.79 bits per heavy atom. The average molecular weight is 477 g/mol. The van der Waals surface area contributed by atoms with Crippen LogP contribution in [0.25, 0.3) is 11.3 Å². The van der Waals surface area contributed by atoms with Gasteiger partial charge in [-0.3, -0.25) is 0 Å². The first-order valence-electron chi connectivity index (χ1n) is 10.5. The number of fused-ring (bicyclic) bond motifs is 3. The van der Waals surface area contributed by atoms with Crippen LogP contribution in [0.15, 0.2) is 71.9 Å². The first-order chi connectivity index (χ1) is 16.7. The molecule has 0 aliphatic carbocycles. The van der Waals surface area contributed by atoms with E-state index in [1.165, 1.54) is 17.8 Å². The van der Waals surface area contributed by atoms with Crippen LogP contribution in [-0.2, 0) is 5.75 Å². The number of halogens is 1. The van der Waals surface area contributed by atoms with Gasteiger partial charge < -0.3 is 19.5 Å². The molecule has 1 atom stereocenters. The Hall–Kier alpha value is -3.85. The van der Waals surface area contributed by atoms with Gasteiger partial charge >= 0.3 is 0 Å². The number of aromatic nitrogens is 3. The molecule has 7 nitrogen and oxygen atoms in total. The molecule has 3 aromatic carbocycles. The second kappa shape index (κ2) is 9.56. The monoisotopic (exact) mass is 476 g/mol. The number of anilines is 1. The molecule has 0 spiro atoms. The van der Waals surface area contributed by atoms with Crippen LogP contribution in [0.1, 0.15) is 17.4 Å². The van der Waals surface area contributed by atoms with Gasteiger partial charge in [0.2, 0.25) is 17.3 Å². The number of hydrogen-bond acceptors (Lipinski definition) is 8. The average Bonchev–Trinajstić information content (AvgIpc) is 3.04. The van der Waals surface area contributed by atoms with Gasteiger partial charge in [0.1, 0.15) is 5.82 Å². The molecule has 1 aliphatic rings. The van der Waals surface area contributed by atoms with Gasteiger partial charge in [-0.2, -0.15) is 4.98 Å². The van der Waals surface area contributed by atoms with Gasteiger partial charge in [0, 0.05) is 17.0 Å². The van der Waals surface area contributed by atoms with Crippen LogP contribution in [0, 0.1) is 5.82 Å². The molecule has 2 heterocycles. The number of para-hydroxylation sites is 2. The zero-order valence-electron chi connectivity index (χ0n) is 18.5. The van der Waals surface area contributed by atoms with Crippen molar-refractivity contribution >= 4 is 17.4 Å². The largest absolute Gasteiger partial charge is 0.493 e. The molecule has 0 bridgehead atoms. The quantitative estimate of drug-likeness (QED) is 0.366. The van der Waals surface area contributed by atoms with Crippen molar-refractivity contribution in [3.05, 3.63) is 83.7 Å². The predicted octanol–water partition coefficient (Wildman–Crippen LogP) is 5.49. The molecule has 0 radical (unpaired) electrons. The van der Waals surface area contributed by atoms with Crippen LogP contribution in [0.3, 0.4) is 0 Å². The fourth-order valence-corrected chi connectivity index (χ4v) is 4.49. The maximum absolute atomic E-state index is 14.0. The Morgan fingerprint density at radius 1 is 0.971 bits per heavy atom. The van der Waals surface area contributed by atoms with Crippen molar-refractivity contribution < 1.29 is 18.6 Å². The van der Waals surface area contributed by atoms with E-state index in [4.69, 9.17) is 14.2 Å². The summed E-state index contributed by atoms with van der Waals surface area (Å²) in [6, 6.07) is 19.9. The van der Waals surface area contributed by atoms with E-state index in [-0.39, 0.29) is 5.82 Å². The van der Waals surface area contributed by atoms with E-state index in [1.807, 2.05) is 42.5 Å². The highest BCUT2D eigenvalue weighted by atomic mass is 32.2. The van der Waals surface area contributed by atoms with Gasteiger partial charge in [0.05, 0.1) is 19.8 Å². The van der Waals surface area contributed by atoms with Crippen LogP contribution in [0.5, 0.6) is 17.4 Å². The number of rotatable bonds is 6. The van der Waals surface area contributed by atoms with Gasteiger partial charge in [0.15, 0.2) is 17.2 Å². The van der Waals surface area contributed by atoms with Gasteiger partial charge in [-0.05, 0) is 29.8 Å². The molecule has 1 aromatic heterocycles. The molecule has 4 aromatic rings. The van der Waals surface area contributed by atoms with Gasteiger partial charge in [-0.1, -0.05) is 54.2 Å². The summed E-state index contributed by atoms with van der Waals surface area (Å²) in [5.74, 6) is 1.56. The zero-order valence-corrected chi connectivity index (χ0v) is 19.3. The molecule has 9 heteroatoms. The van der Waals surface area contributed by atoms with Crippen LogP contribution in [0.4, 0.5) is 10.1 Å². The van der Waals surface area contributed by atoms with Crippen molar-refractivity contribution in [1.29, 1.82) is 0 Å². The summed E-state index contributed by atoms with van der Waals surface area (Å²) < 4.78 is 31.5. The summed E-state index contributed by atoms with van der Waals surface area (Å²) in [6.45, 7) is 0. The Morgan fingerprint density at radius 3 is 2.62 bits per heavy atom. The highest BCUT2D eigenvalue weighted by molar-refractivity contribution is 7.98. The Kier molecular flexibility index (Phi) is 6.18. The van der Waals surface area contributed by atoms with Crippen molar-refractivity contribution in [3.8, 4) is 28.6 Å². The normalized spacial score (nSPS) is 14.1. The van der Waals surface area contributed by atoms with Crippen LogP contribution >= 0.6 is 11.8 Å². The Balaban J connectivity index is 1.53. The molecular weight excluding hydrogens is 455 g/mol. The minimum absolute atomic E-state index is 0.266. The van der Waals surface area contributed by atoms with Crippen molar-refractivity contribution in [2.75, 3.05) is 19.5 Å². The molecule has 34 heavy (non-hydrogen) atoms. The van der Waals surface area contributed by atoms with E-state index < -0.39 is 6.23 Å². The van der Waals surface area contributed by atoms with Crippen LogP contribution in [0.2, 0.25) is 0 Å². The van der Waals surface area contributed by atoms with E-state index >= 15 is 0 Å². The molecular formula is C25H21FN4O3S. The van der Waals surface area contributed by atoms with Crippen molar-refractivity contribution in [1.82, 2.24) is 15.2 Å². The molecule has 5 rings (SSSR count). The molecule has 0 saturated carbocycles. The van der Waals surface area contributed by atoms with Crippen LogP contribution in [-0.4, -0.2) is 29.4 Å². The second-order valence-electron chi connectivity index (χ2n) is 7.40. The lowest BCUT2D eigenvalue weighted by atomic mass is 10.1.